The second-order valence-corrected chi connectivity index (χ2v) is 6.15. The topological polar surface area (TPSA) is 67.2 Å². The van der Waals surface area contributed by atoms with Crippen molar-refractivity contribution in [1.29, 1.82) is 0 Å². The lowest BCUT2D eigenvalue weighted by atomic mass is 10.2. The maximum absolute atomic E-state index is 12.2. The van der Waals surface area contributed by atoms with Crippen molar-refractivity contribution >= 4 is 23.2 Å². The van der Waals surface area contributed by atoms with Crippen molar-refractivity contribution in [2.75, 3.05) is 16.8 Å². The fourth-order valence-electron chi connectivity index (χ4n) is 3.00. The molecule has 3 rings (SSSR count). The van der Waals surface area contributed by atoms with E-state index in [2.05, 4.69) is 10.4 Å². The molecule has 0 spiro atoms. The number of aromatic nitrogens is 2. The predicted molar refractivity (Wildman–Crippen MR) is 93.0 cm³/mol. The van der Waals surface area contributed by atoms with Crippen LogP contribution in [0.4, 0.5) is 11.4 Å². The quantitative estimate of drug-likeness (QED) is 0.918. The van der Waals surface area contributed by atoms with Crippen LogP contribution in [0.3, 0.4) is 0 Å². The molecule has 0 saturated carbocycles. The monoisotopic (exact) mass is 326 g/mol. The van der Waals surface area contributed by atoms with Crippen molar-refractivity contribution in [3.8, 4) is 0 Å². The van der Waals surface area contributed by atoms with E-state index in [9.17, 15) is 9.59 Å². The molecular formula is C18H22N4O2. The summed E-state index contributed by atoms with van der Waals surface area (Å²) < 4.78 is 1.84. The summed E-state index contributed by atoms with van der Waals surface area (Å²) in [6.45, 7) is 5.22. The van der Waals surface area contributed by atoms with Gasteiger partial charge < -0.3 is 10.2 Å². The SMILES string of the molecule is Cc1cc(C)n(CCC(=O)Nc2cccc(N3CCCC3=O)c2)n1. The first kappa shape index (κ1) is 16.2. The molecule has 126 valence electrons. The first-order chi connectivity index (χ1) is 11.5. The van der Waals surface area contributed by atoms with Gasteiger partial charge in [0.25, 0.3) is 0 Å². The van der Waals surface area contributed by atoms with E-state index in [1.54, 1.807) is 4.90 Å². The highest BCUT2D eigenvalue weighted by Gasteiger charge is 2.21. The van der Waals surface area contributed by atoms with Gasteiger partial charge in [-0.1, -0.05) is 6.07 Å². The summed E-state index contributed by atoms with van der Waals surface area (Å²) in [6.07, 6.45) is 1.84. The third-order valence-electron chi connectivity index (χ3n) is 4.17. The first-order valence-corrected chi connectivity index (χ1v) is 8.24. The van der Waals surface area contributed by atoms with Crippen LogP contribution in [0, 0.1) is 13.8 Å². The average molecular weight is 326 g/mol. The number of carbonyl (C=O) groups is 2. The van der Waals surface area contributed by atoms with Gasteiger partial charge in [0.15, 0.2) is 0 Å². The Balaban J connectivity index is 1.60. The number of hydrogen-bond donors (Lipinski definition) is 1. The molecule has 1 aliphatic rings. The Bertz CT molecular complexity index is 766. The molecule has 0 atom stereocenters. The number of benzene rings is 1. The molecule has 1 aliphatic heterocycles. The van der Waals surface area contributed by atoms with E-state index in [0.29, 0.717) is 25.1 Å². The van der Waals surface area contributed by atoms with Crippen LogP contribution in [0.5, 0.6) is 0 Å². The summed E-state index contributed by atoms with van der Waals surface area (Å²) in [5.41, 5.74) is 3.56. The zero-order chi connectivity index (χ0) is 17.1. The summed E-state index contributed by atoms with van der Waals surface area (Å²) in [6, 6.07) is 9.44. The molecule has 1 aromatic carbocycles. The lowest BCUT2D eigenvalue weighted by molar-refractivity contribution is -0.117. The Hall–Kier alpha value is -2.63. The van der Waals surface area contributed by atoms with Gasteiger partial charge >= 0.3 is 0 Å². The molecule has 0 unspecified atom stereocenters. The normalized spacial score (nSPS) is 14.2. The van der Waals surface area contributed by atoms with Gasteiger partial charge in [-0.25, -0.2) is 0 Å². The Morgan fingerprint density at radius 3 is 2.79 bits per heavy atom. The van der Waals surface area contributed by atoms with Crippen LogP contribution >= 0.6 is 0 Å². The van der Waals surface area contributed by atoms with Crippen LogP contribution in [-0.4, -0.2) is 28.1 Å². The molecule has 0 radical (unpaired) electrons. The van der Waals surface area contributed by atoms with Gasteiger partial charge in [-0.15, -0.1) is 0 Å². The van der Waals surface area contributed by atoms with Gasteiger partial charge in [-0.2, -0.15) is 5.10 Å². The lowest BCUT2D eigenvalue weighted by Crippen LogP contribution is -2.23. The lowest BCUT2D eigenvalue weighted by Gasteiger charge is -2.16. The molecule has 0 bridgehead atoms. The van der Waals surface area contributed by atoms with Gasteiger partial charge in [-0.3, -0.25) is 14.3 Å². The highest BCUT2D eigenvalue weighted by Crippen LogP contribution is 2.24. The highest BCUT2D eigenvalue weighted by molar-refractivity contribution is 5.97. The first-order valence-electron chi connectivity index (χ1n) is 8.24. The van der Waals surface area contributed by atoms with Crippen molar-refractivity contribution in [3.63, 3.8) is 0 Å². The van der Waals surface area contributed by atoms with E-state index >= 15 is 0 Å². The molecule has 6 heteroatoms. The standard InChI is InChI=1S/C18H22N4O2/c1-13-11-14(2)22(20-13)10-8-17(23)19-15-5-3-6-16(12-15)21-9-4-7-18(21)24/h3,5-6,11-12H,4,7-10H2,1-2H3,(H,19,23). The van der Waals surface area contributed by atoms with Crippen LogP contribution in [0.15, 0.2) is 30.3 Å². The van der Waals surface area contributed by atoms with Gasteiger partial charge in [-0.05, 0) is 44.5 Å². The highest BCUT2D eigenvalue weighted by atomic mass is 16.2. The summed E-state index contributed by atoms with van der Waals surface area (Å²) in [5.74, 6) is 0.0791. The van der Waals surface area contributed by atoms with E-state index in [-0.39, 0.29) is 11.8 Å². The third-order valence-corrected chi connectivity index (χ3v) is 4.17. The number of aryl methyl sites for hydroxylation is 3. The number of amides is 2. The maximum Gasteiger partial charge on any atom is 0.227 e. The molecule has 1 N–H and O–H groups in total. The number of anilines is 2. The number of carbonyl (C=O) groups excluding carboxylic acids is 2. The van der Waals surface area contributed by atoms with Gasteiger partial charge in [0.1, 0.15) is 0 Å². The molecule has 2 heterocycles. The fraction of sp³-hybridized carbons (Fsp3) is 0.389. The van der Waals surface area contributed by atoms with Gasteiger partial charge in [0.05, 0.1) is 5.69 Å². The Morgan fingerprint density at radius 1 is 1.29 bits per heavy atom. The molecule has 6 nitrogen and oxygen atoms in total. The molecule has 0 aliphatic carbocycles. The van der Waals surface area contributed by atoms with E-state index in [4.69, 9.17) is 0 Å². The van der Waals surface area contributed by atoms with Crippen LogP contribution in [0.25, 0.3) is 0 Å². The summed E-state index contributed by atoms with van der Waals surface area (Å²) in [7, 11) is 0. The Kier molecular flexibility index (Phi) is 4.64. The molecule has 1 fully saturated rings. The van der Waals surface area contributed by atoms with Crippen molar-refractivity contribution < 1.29 is 9.59 Å². The van der Waals surface area contributed by atoms with Crippen LogP contribution in [-0.2, 0) is 16.1 Å². The zero-order valence-electron chi connectivity index (χ0n) is 14.1. The maximum atomic E-state index is 12.2. The number of nitrogens with one attached hydrogen (secondary N) is 1. The summed E-state index contributed by atoms with van der Waals surface area (Å²) in [4.78, 5) is 25.8. The van der Waals surface area contributed by atoms with Crippen molar-refractivity contribution in [2.24, 2.45) is 0 Å². The number of rotatable bonds is 5. The number of hydrogen-bond acceptors (Lipinski definition) is 3. The van der Waals surface area contributed by atoms with Crippen molar-refractivity contribution in [2.45, 2.75) is 39.7 Å². The second kappa shape index (κ2) is 6.86. The van der Waals surface area contributed by atoms with E-state index in [1.165, 1.54) is 0 Å². The van der Waals surface area contributed by atoms with Crippen molar-refractivity contribution in [3.05, 3.63) is 41.7 Å². The number of nitrogens with zero attached hydrogens (tertiary/aromatic N) is 3. The molecule has 1 aromatic heterocycles. The second-order valence-electron chi connectivity index (χ2n) is 6.15. The minimum atomic E-state index is -0.0625. The van der Waals surface area contributed by atoms with Crippen LogP contribution in [0.2, 0.25) is 0 Å². The summed E-state index contributed by atoms with van der Waals surface area (Å²) in [5, 5.41) is 7.26. The largest absolute Gasteiger partial charge is 0.326 e. The Labute approximate surface area is 141 Å². The van der Waals surface area contributed by atoms with E-state index in [1.807, 2.05) is 48.9 Å². The zero-order valence-corrected chi connectivity index (χ0v) is 14.1. The van der Waals surface area contributed by atoms with Gasteiger partial charge in [0, 0.05) is 43.0 Å². The van der Waals surface area contributed by atoms with Crippen LogP contribution < -0.4 is 10.2 Å². The molecule has 2 amide bonds. The smallest absolute Gasteiger partial charge is 0.227 e. The minimum absolute atomic E-state index is 0.0625. The molecule has 24 heavy (non-hydrogen) atoms. The predicted octanol–water partition coefficient (Wildman–Crippen LogP) is 2.66. The third kappa shape index (κ3) is 3.64. The van der Waals surface area contributed by atoms with E-state index in [0.717, 1.165) is 30.0 Å². The minimum Gasteiger partial charge on any atom is -0.326 e. The average Bonchev–Trinajstić information content (AvgIpc) is 3.10. The Morgan fingerprint density at radius 2 is 2.12 bits per heavy atom. The fourth-order valence-corrected chi connectivity index (χ4v) is 3.00. The molecule has 1 saturated heterocycles. The van der Waals surface area contributed by atoms with Crippen molar-refractivity contribution in [1.82, 2.24) is 9.78 Å². The summed E-state index contributed by atoms with van der Waals surface area (Å²) >= 11 is 0. The van der Waals surface area contributed by atoms with Gasteiger partial charge in [0.2, 0.25) is 11.8 Å². The molecule has 2 aromatic rings. The van der Waals surface area contributed by atoms with Crippen LogP contribution in [0.1, 0.15) is 30.7 Å². The van der Waals surface area contributed by atoms with E-state index < -0.39 is 0 Å². The molecular weight excluding hydrogens is 304 g/mol.